The van der Waals surface area contributed by atoms with Crippen LogP contribution in [0.5, 0.6) is 0 Å². The number of hydrogen-bond donors (Lipinski definition) is 1. The standard InChI is InChI=1S/C20H26N4O4/c1-27-14-18(25)23-12-9-16(10-13-23)24-17(8-11-21-24)22-20(26)19(28-2)15-6-4-3-5-7-15/h3-8,11,16,19H,9-10,12-14H2,1-2H3,(H,22,26)/t19-/m0/s1. The predicted molar refractivity (Wildman–Crippen MR) is 104 cm³/mol. The molecule has 1 fully saturated rings. The van der Waals surface area contributed by atoms with Crippen LogP contribution in [0.25, 0.3) is 0 Å². The maximum Gasteiger partial charge on any atom is 0.259 e. The Morgan fingerprint density at radius 2 is 1.89 bits per heavy atom. The molecule has 8 nitrogen and oxygen atoms in total. The van der Waals surface area contributed by atoms with Crippen molar-refractivity contribution >= 4 is 17.6 Å². The lowest BCUT2D eigenvalue weighted by molar-refractivity contribution is -0.136. The van der Waals surface area contributed by atoms with E-state index in [2.05, 4.69) is 10.4 Å². The van der Waals surface area contributed by atoms with Crippen LogP contribution in [0.2, 0.25) is 0 Å². The number of anilines is 1. The van der Waals surface area contributed by atoms with E-state index >= 15 is 0 Å². The molecule has 28 heavy (non-hydrogen) atoms. The molecule has 1 aliphatic rings. The first-order chi connectivity index (χ1) is 13.6. The second-order valence-electron chi connectivity index (χ2n) is 6.72. The van der Waals surface area contributed by atoms with Crippen molar-refractivity contribution in [1.29, 1.82) is 0 Å². The molecule has 0 aliphatic carbocycles. The third-order valence-electron chi connectivity index (χ3n) is 4.93. The third-order valence-corrected chi connectivity index (χ3v) is 4.93. The first kappa shape index (κ1) is 20.0. The smallest absolute Gasteiger partial charge is 0.259 e. The van der Waals surface area contributed by atoms with Gasteiger partial charge in [-0.15, -0.1) is 0 Å². The van der Waals surface area contributed by atoms with Gasteiger partial charge < -0.3 is 19.7 Å². The molecule has 0 radical (unpaired) electrons. The SMILES string of the molecule is COCC(=O)N1CCC(n2nccc2NC(=O)[C@@H](OC)c2ccccc2)CC1. The van der Waals surface area contributed by atoms with Crippen molar-refractivity contribution in [1.82, 2.24) is 14.7 Å². The number of ether oxygens (including phenoxy) is 2. The third kappa shape index (κ3) is 4.58. The second kappa shape index (κ2) is 9.48. The summed E-state index contributed by atoms with van der Waals surface area (Å²) >= 11 is 0. The highest BCUT2D eigenvalue weighted by molar-refractivity contribution is 5.94. The van der Waals surface area contributed by atoms with Gasteiger partial charge in [-0.05, 0) is 18.4 Å². The lowest BCUT2D eigenvalue weighted by Crippen LogP contribution is -2.41. The van der Waals surface area contributed by atoms with Crippen molar-refractivity contribution < 1.29 is 19.1 Å². The van der Waals surface area contributed by atoms with E-state index in [0.29, 0.717) is 18.9 Å². The highest BCUT2D eigenvalue weighted by Gasteiger charge is 2.27. The van der Waals surface area contributed by atoms with Crippen LogP contribution in [0.1, 0.15) is 30.6 Å². The van der Waals surface area contributed by atoms with Crippen LogP contribution < -0.4 is 5.32 Å². The fourth-order valence-electron chi connectivity index (χ4n) is 3.49. The van der Waals surface area contributed by atoms with Crippen molar-refractivity contribution in [3.63, 3.8) is 0 Å². The van der Waals surface area contributed by atoms with Crippen molar-refractivity contribution in [3.8, 4) is 0 Å². The Bertz CT molecular complexity index is 785. The second-order valence-corrected chi connectivity index (χ2v) is 6.72. The van der Waals surface area contributed by atoms with Crippen molar-refractivity contribution in [3.05, 3.63) is 48.2 Å². The van der Waals surface area contributed by atoms with E-state index in [-0.39, 0.29) is 24.5 Å². The number of nitrogens with one attached hydrogen (secondary N) is 1. The van der Waals surface area contributed by atoms with Gasteiger partial charge in [0.05, 0.1) is 12.2 Å². The van der Waals surface area contributed by atoms with Gasteiger partial charge in [0.2, 0.25) is 5.91 Å². The van der Waals surface area contributed by atoms with Gasteiger partial charge in [0, 0.05) is 33.4 Å². The van der Waals surface area contributed by atoms with Gasteiger partial charge in [0.15, 0.2) is 6.10 Å². The fourth-order valence-corrected chi connectivity index (χ4v) is 3.49. The molecule has 8 heteroatoms. The van der Waals surface area contributed by atoms with Crippen LogP contribution in [0.4, 0.5) is 5.82 Å². The lowest BCUT2D eigenvalue weighted by Gasteiger charge is -2.32. The molecular weight excluding hydrogens is 360 g/mol. The molecule has 1 atom stereocenters. The summed E-state index contributed by atoms with van der Waals surface area (Å²) in [6.07, 6.45) is 2.51. The quantitative estimate of drug-likeness (QED) is 0.787. The van der Waals surface area contributed by atoms with Gasteiger partial charge in [-0.25, -0.2) is 4.68 Å². The number of aromatic nitrogens is 2. The topological polar surface area (TPSA) is 85.7 Å². The van der Waals surface area contributed by atoms with Gasteiger partial charge >= 0.3 is 0 Å². The minimum absolute atomic E-state index is 0.000684. The molecular formula is C20H26N4O4. The molecule has 0 unspecified atom stereocenters. The summed E-state index contributed by atoms with van der Waals surface area (Å²) in [4.78, 5) is 26.5. The number of methoxy groups -OCH3 is 2. The summed E-state index contributed by atoms with van der Waals surface area (Å²) in [5.41, 5.74) is 0.790. The summed E-state index contributed by atoms with van der Waals surface area (Å²) in [5.74, 6) is 0.383. The molecule has 0 bridgehead atoms. The molecule has 1 aliphatic heterocycles. The highest BCUT2D eigenvalue weighted by atomic mass is 16.5. The minimum Gasteiger partial charge on any atom is -0.375 e. The average Bonchev–Trinajstić information content (AvgIpc) is 3.17. The molecule has 150 valence electrons. The molecule has 1 N–H and O–H groups in total. The first-order valence-electron chi connectivity index (χ1n) is 9.33. The van der Waals surface area contributed by atoms with E-state index in [0.717, 1.165) is 18.4 Å². The molecule has 1 aromatic carbocycles. The maximum absolute atomic E-state index is 12.7. The van der Waals surface area contributed by atoms with E-state index in [1.807, 2.05) is 35.0 Å². The Kier molecular flexibility index (Phi) is 6.78. The molecule has 2 amide bonds. The van der Waals surface area contributed by atoms with Crippen molar-refractivity contribution in [2.75, 3.05) is 39.2 Å². The molecule has 0 saturated carbocycles. The molecule has 1 aromatic heterocycles. The van der Waals surface area contributed by atoms with Crippen molar-refractivity contribution in [2.24, 2.45) is 0 Å². The first-order valence-corrected chi connectivity index (χ1v) is 9.33. The Morgan fingerprint density at radius 1 is 1.18 bits per heavy atom. The zero-order valence-corrected chi connectivity index (χ0v) is 16.2. The van der Waals surface area contributed by atoms with Crippen molar-refractivity contribution in [2.45, 2.75) is 25.0 Å². The zero-order valence-electron chi connectivity index (χ0n) is 16.2. The Morgan fingerprint density at radius 3 is 2.54 bits per heavy atom. The summed E-state index contributed by atoms with van der Waals surface area (Å²) in [5, 5.41) is 7.32. The minimum atomic E-state index is -0.696. The number of carbonyl (C=O) groups is 2. The maximum atomic E-state index is 12.7. The normalized spacial score (nSPS) is 16.0. The number of benzene rings is 1. The number of rotatable bonds is 7. The Labute approximate surface area is 164 Å². The van der Waals surface area contributed by atoms with E-state index in [4.69, 9.17) is 9.47 Å². The van der Waals surface area contributed by atoms with Gasteiger partial charge in [-0.3, -0.25) is 9.59 Å². The number of carbonyl (C=O) groups excluding carboxylic acids is 2. The lowest BCUT2D eigenvalue weighted by atomic mass is 10.1. The predicted octanol–water partition coefficient (Wildman–Crippen LogP) is 2.02. The van der Waals surface area contributed by atoms with Crippen LogP contribution in [-0.2, 0) is 19.1 Å². The largest absolute Gasteiger partial charge is 0.375 e. The van der Waals surface area contributed by atoms with E-state index in [1.54, 1.807) is 17.2 Å². The summed E-state index contributed by atoms with van der Waals surface area (Å²) in [6, 6.07) is 11.3. The van der Waals surface area contributed by atoms with Crippen LogP contribution in [-0.4, -0.2) is 60.4 Å². The van der Waals surface area contributed by atoms with Gasteiger partial charge in [0.1, 0.15) is 12.4 Å². The fraction of sp³-hybridized carbons (Fsp3) is 0.450. The molecule has 2 aromatic rings. The van der Waals surface area contributed by atoms with Crippen LogP contribution in [0.15, 0.2) is 42.6 Å². The molecule has 3 rings (SSSR count). The van der Waals surface area contributed by atoms with E-state index in [9.17, 15) is 9.59 Å². The number of hydrogen-bond acceptors (Lipinski definition) is 5. The monoisotopic (exact) mass is 386 g/mol. The highest BCUT2D eigenvalue weighted by Crippen LogP contribution is 2.26. The van der Waals surface area contributed by atoms with E-state index in [1.165, 1.54) is 14.2 Å². The average molecular weight is 386 g/mol. The van der Waals surface area contributed by atoms with Crippen LogP contribution >= 0.6 is 0 Å². The number of nitrogens with zero attached hydrogens (tertiary/aromatic N) is 3. The summed E-state index contributed by atoms with van der Waals surface area (Å²) < 4.78 is 12.1. The zero-order chi connectivity index (χ0) is 19.9. The van der Waals surface area contributed by atoms with Gasteiger partial charge in [0.25, 0.3) is 5.91 Å². The Hall–Kier alpha value is -2.71. The molecule has 2 heterocycles. The summed E-state index contributed by atoms with van der Waals surface area (Å²) in [7, 11) is 3.04. The molecule has 1 saturated heterocycles. The number of amides is 2. The Balaban J connectivity index is 1.64. The van der Waals surface area contributed by atoms with Gasteiger partial charge in [-0.2, -0.15) is 5.10 Å². The number of piperidine rings is 1. The summed E-state index contributed by atoms with van der Waals surface area (Å²) in [6.45, 7) is 1.39. The molecule has 0 spiro atoms. The van der Waals surface area contributed by atoms with Crippen LogP contribution in [0.3, 0.4) is 0 Å². The van der Waals surface area contributed by atoms with Crippen LogP contribution in [0, 0.1) is 0 Å². The van der Waals surface area contributed by atoms with Gasteiger partial charge in [-0.1, -0.05) is 30.3 Å². The number of likely N-dealkylation sites (tertiary alicyclic amines) is 1. The van der Waals surface area contributed by atoms with E-state index < -0.39 is 6.10 Å².